The Labute approximate surface area is 102 Å². The van der Waals surface area contributed by atoms with E-state index in [2.05, 4.69) is 12.6 Å². The third-order valence-electron chi connectivity index (χ3n) is 2.64. The van der Waals surface area contributed by atoms with Gasteiger partial charge in [0.2, 0.25) is 0 Å². The molecule has 86 valence electrons. The minimum Gasteiger partial charge on any atom is -0.457 e. The zero-order valence-electron chi connectivity index (χ0n) is 10.2. The van der Waals surface area contributed by atoms with Crippen molar-refractivity contribution < 1.29 is 4.74 Å². The second kappa shape index (κ2) is 4.88. The van der Waals surface area contributed by atoms with Gasteiger partial charge in [0, 0.05) is 0 Å². The molecule has 0 N–H and O–H groups in total. The van der Waals surface area contributed by atoms with Gasteiger partial charge in [-0.25, -0.2) is 0 Å². The van der Waals surface area contributed by atoms with Gasteiger partial charge < -0.3 is 4.74 Å². The average molecular weight is 224 g/mol. The van der Waals surface area contributed by atoms with Crippen molar-refractivity contribution >= 4 is 5.57 Å². The highest BCUT2D eigenvalue weighted by Gasteiger charge is 2.02. The molecule has 0 aromatic heterocycles. The van der Waals surface area contributed by atoms with Gasteiger partial charge in [0.25, 0.3) is 0 Å². The predicted molar refractivity (Wildman–Crippen MR) is 72.4 cm³/mol. The summed E-state index contributed by atoms with van der Waals surface area (Å²) in [5.41, 5.74) is 3.34. The van der Waals surface area contributed by atoms with Gasteiger partial charge in [-0.1, -0.05) is 36.4 Å². The fourth-order valence-electron chi connectivity index (χ4n) is 1.64. The van der Waals surface area contributed by atoms with E-state index in [-0.39, 0.29) is 0 Å². The van der Waals surface area contributed by atoms with Crippen molar-refractivity contribution in [1.29, 1.82) is 0 Å². The number of ether oxygens (including phenoxy) is 1. The predicted octanol–water partition coefficient (Wildman–Crippen LogP) is 4.82. The van der Waals surface area contributed by atoms with Gasteiger partial charge in [-0.2, -0.15) is 0 Å². The van der Waals surface area contributed by atoms with E-state index in [0.29, 0.717) is 0 Å². The maximum atomic E-state index is 5.81. The van der Waals surface area contributed by atoms with Crippen LogP contribution in [0.15, 0.2) is 55.1 Å². The van der Waals surface area contributed by atoms with Gasteiger partial charge in [-0.15, -0.1) is 0 Å². The molecule has 0 aliphatic rings. The molecule has 0 atom stereocenters. The largest absolute Gasteiger partial charge is 0.457 e. The Morgan fingerprint density at radius 2 is 1.76 bits per heavy atom. The zero-order chi connectivity index (χ0) is 12.3. The van der Waals surface area contributed by atoms with Gasteiger partial charge in [0.15, 0.2) is 0 Å². The molecular formula is C16H16O. The topological polar surface area (TPSA) is 9.23 Å². The molecule has 0 radical (unpaired) electrons. The van der Waals surface area contributed by atoms with E-state index in [4.69, 9.17) is 4.74 Å². The van der Waals surface area contributed by atoms with Crippen molar-refractivity contribution in [3.05, 3.63) is 66.2 Å². The summed E-state index contributed by atoms with van der Waals surface area (Å²) in [6.07, 6.45) is 0. The molecule has 1 nitrogen and oxygen atoms in total. The lowest BCUT2D eigenvalue weighted by Crippen LogP contribution is -1.89. The van der Waals surface area contributed by atoms with E-state index in [0.717, 1.165) is 28.2 Å². The van der Waals surface area contributed by atoms with Crippen molar-refractivity contribution in [3.8, 4) is 11.5 Å². The Morgan fingerprint density at radius 3 is 2.35 bits per heavy atom. The lowest BCUT2D eigenvalue weighted by molar-refractivity contribution is 0.479. The van der Waals surface area contributed by atoms with Gasteiger partial charge in [-0.05, 0) is 49.2 Å². The fourth-order valence-corrected chi connectivity index (χ4v) is 1.64. The first-order chi connectivity index (χ1) is 8.16. The van der Waals surface area contributed by atoms with Crippen LogP contribution in [0.4, 0.5) is 0 Å². The van der Waals surface area contributed by atoms with Crippen molar-refractivity contribution in [2.75, 3.05) is 0 Å². The van der Waals surface area contributed by atoms with Crippen LogP contribution >= 0.6 is 0 Å². The molecule has 0 saturated heterocycles. The summed E-state index contributed by atoms with van der Waals surface area (Å²) in [4.78, 5) is 0. The van der Waals surface area contributed by atoms with Crippen molar-refractivity contribution in [2.24, 2.45) is 0 Å². The Balaban J connectivity index is 2.26. The summed E-state index contributed by atoms with van der Waals surface area (Å²) >= 11 is 0. The average Bonchev–Trinajstić information content (AvgIpc) is 2.33. The number of allylic oxidation sites excluding steroid dienone is 1. The molecule has 0 spiro atoms. The summed E-state index contributed by atoms with van der Waals surface area (Å²) in [5, 5.41) is 0. The molecule has 0 heterocycles. The third-order valence-corrected chi connectivity index (χ3v) is 2.64. The molecule has 0 unspecified atom stereocenters. The molecule has 0 aliphatic carbocycles. The SMILES string of the molecule is C=C(C)c1ccc(Oc2ccccc2)c(C)c1. The maximum Gasteiger partial charge on any atom is 0.130 e. The standard InChI is InChI=1S/C16H16O/c1-12(2)14-9-10-16(13(3)11-14)17-15-7-5-4-6-8-15/h4-11H,1H2,2-3H3. The molecule has 1 heteroatoms. The molecule has 2 aromatic carbocycles. The summed E-state index contributed by atoms with van der Waals surface area (Å²) in [7, 11) is 0. The number of para-hydroxylation sites is 1. The van der Waals surface area contributed by atoms with Crippen molar-refractivity contribution in [3.63, 3.8) is 0 Å². The molecule has 0 saturated carbocycles. The monoisotopic (exact) mass is 224 g/mol. The van der Waals surface area contributed by atoms with Gasteiger partial charge in [-0.3, -0.25) is 0 Å². The molecule has 0 bridgehead atoms. The molecule has 17 heavy (non-hydrogen) atoms. The second-order valence-electron chi connectivity index (χ2n) is 4.18. The Hall–Kier alpha value is -2.02. The van der Waals surface area contributed by atoms with Crippen LogP contribution in [0.25, 0.3) is 5.57 Å². The molecule has 2 aromatic rings. The van der Waals surface area contributed by atoms with Gasteiger partial charge in [0.1, 0.15) is 11.5 Å². The lowest BCUT2D eigenvalue weighted by Gasteiger charge is -2.10. The number of hydrogen-bond acceptors (Lipinski definition) is 1. The van der Waals surface area contributed by atoms with E-state index >= 15 is 0 Å². The highest BCUT2D eigenvalue weighted by molar-refractivity contribution is 5.63. The van der Waals surface area contributed by atoms with Crippen LogP contribution in [0.2, 0.25) is 0 Å². The Morgan fingerprint density at radius 1 is 1.06 bits per heavy atom. The van der Waals surface area contributed by atoms with E-state index in [9.17, 15) is 0 Å². The zero-order valence-corrected chi connectivity index (χ0v) is 10.2. The van der Waals surface area contributed by atoms with E-state index in [1.807, 2.05) is 56.3 Å². The minimum atomic E-state index is 0.860. The van der Waals surface area contributed by atoms with Crippen LogP contribution in [0, 0.1) is 6.92 Å². The second-order valence-corrected chi connectivity index (χ2v) is 4.18. The first kappa shape index (κ1) is 11.5. The molecule has 0 amide bonds. The van der Waals surface area contributed by atoms with Gasteiger partial charge >= 0.3 is 0 Å². The van der Waals surface area contributed by atoms with Gasteiger partial charge in [0.05, 0.1) is 0 Å². The van der Waals surface area contributed by atoms with E-state index < -0.39 is 0 Å². The van der Waals surface area contributed by atoms with Crippen LogP contribution in [-0.4, -0.2) is 0 Å². The van der Waals surface area contributed by atoms with Crippen molar-refractivity contribution in [1.82, 2.24) is 0 Å². The smallest absolute Gasteiger partial charge is 0.130 e. The highest BCUT2D eigenvalue weighted by Crippen LogP contribution is 2.27. The highest BCUT2D eigenvalue weighted by atomic mass is 16.5. The molecular weight excluding hydrogens is 208 g/mol. The summed E-state index contributed by atoms with van der Waals surface area (Å²) in [5.74, 6) is 1.75. The van der Waals surface area contributed by atoms with E-state index in [1.165, 1.54) is 0 Å². The summed E-state index contributed by atoms with van der Waals surface area (Å²) in [6, 6.07) is 15.9. The van der Waals surface area contributed by atoms with Crippen LogP contribution in [0.1, 0.15) is 18.1 Å². The summed E-state index contributed by atoms with van der Waals surface area (Å²) in [6.45, 7) is 7.99. The van der Waals surface area contributed by atoms with Crippen LogP contribution in [0.5, 0.6) is 11.5 Å². The number of aryl methyl sites for hydroxylation is 1. The summed E-state index contributed by atoms with van der Waals surface area (Å²) < 4.78 is 5.81. The Bertz CT molecular complexity index is 526. The molecule has 0 fully saturated rings. The number of rotatable bonds is 3. The molecule has 0 aliphatic heterocycles. The maximum absolute atomic E-state index is 5.81. The van der Waals surface area contributed by atoms with E-state index in [1.54, 1.807) is 0 Å². The third kappa shape index (κ3) is 2.76. The normalized spacial score (nSPS) is 10.0. The fraction of sp³-hybridized carbons (Fsp3) is 0.125. The van der Waals surface area contributed by atoms with Crippen LogP contribution in [-0.2, 0) is 0 Å². The lowest BCUT2D eigenvalue weighted by atomic mass is 10.1. The van der Waals surface area contributed by atoms with Crippen LogP contribution in [0.3, 0.4) is 0 Å². The quantitative estimate of drug-likeness (QED) is 0.726. The van der Waals surface area contributed by atoms with Crippen LogP contribution < -0.4 is 4.74 Å². The minimum absolute atomic E-state index is 0.860. The number of hydrogen-bond donors (Lipinski definition) is 0. The molecule has 2 rings (SSSR count). The Kier molecular flexibility index (Phi) is 3.29. The first-order valence-corrected chi connectivity index (χ1v) is 5.66. The number of benzene rings is 2. The van der Waals surface area contributed by atoms with Crippen molar-refractivity contribution in [2.45, 2.75) is 13.8 Å². The first-order valence-electron chi connectivity index (χ1n) is 5.66.